The number of hydrogen-bond acceptors (Lipinski definition) is 7. The number of hydrogen-bond donors (Lipinski definition) is 2. The van der Waals surface area contributed by atoms with Crippen molar-refractivity contribution in [3.05, 3.63) is 59.8 Å². The highest BCUT2D eigenvalue weighted by Crippen LogP contribution is 2.30. The first-order chi connectivity index (χ1) is 17.4. The highest BCUT2D eigenvalue weighted by atomic mass is 16.5. The van der Waals surface area contributed by atoms with Crippen LogP contribution in [0.15, 0.2) is 42.7 Å². The van der Waals surface area contributed by atoms with Gasteiger partial charge in [0.15, 0.2) is 5.82 Å². The van der Waals surface area contributed by atoms with Gasteiger partial charge in [-0.25, -0.2) is 9.97 Å². The Hall–Kier alpha value is -4.03. The quantitative estimate of drug-likeness (QED) is 0.389. The molecule has 0 spiro atoms. The largest absolute Gasteiger partial charge is 0.497 e. The molecule has 1 aromatic carbocycles. The van der Waals surface area contributed by atoms with Crippen molar-refractivity contribution >= 4 is 17.2 Å². The van der Waals surface area contributed by atoms with Gasteiger partial charge in [0.2, 0.25) is 5.91 Å². The zero-order valence-corrected chi connectivity index (χ0v) is 21.1. The Morgan fingerprint density at radius 2 is 2.00 bits per heavy atom. The minimum absolute atomic E-state index is 0.0112. The van der Waals surface area contributed by atoms with E-state index in [0.717, 1.165) is 17.8 Å². The number of carbonyl (C=O) groups excluding carboxylic acids is 1. The molecule has 3 aromatic rings. The van der Waals surface area contributed by atoms with Crippen LogP contribution < -0.4 is 20.5 Å². The van der Waals surface area contributed by atoms with Gasteiger partial charge in [-0.3, -0.25) is 9.20 Å². The highest BCUT2D eigenvalue weighted by molar-refractivity contribution is 5.88. The number of fused-ring (bicyclic) bond motifs is 1. The molecule has 1 unspecified atom stereocenters. The fourth-order valence-corrected chi connectivity index (χ4v) is 4.21. The van der Waals surface area contributed by atoms with E-state index in [1.165, 1.54) is 0 Å². The van der Waals surface area contributed by atoms with Gasteiger partial charge in [-0.2, -0.15) is 0 Å². The first-order valence-corrected chi connectivity index (χ1v) is 12.0. The van der Waals surface area contributed by atoms with Gasteiger partial charge >= 0.3 is 0 Å². The standard InChI is InChI=1S/C27H32N6O3/c1-18(2)29-10-5-6-24(34)32-12-9-20(17-32)27-31-23(25-26(28)30-11-13-33(25)27)8-7-19-14-21(35-3)16-22(15-19)36-4/h5-6,11,13-16,18,20,29H,9-10,12,17H2,1-4H3,(H2,28,30)/b6-5+. The van der Waals surface area contributed by atoms with Crippen molar-refractivity contribution in [2.45, 2.75) is 32.2 Å². The van der Waals surface area contributed by atoms with Crippen LogP contribution in [0, 0.1) is 11.8 Å². The summed E-state index contributed by atoms with van der Waals surface area (Å²) in [6.45, 7) is 6.07. The van der Waals surface area contributed by atoms with Crippen molar-refractivity contribution in [1.82, 2.24) is 24.6 Å². The molecule has 9 heteroatoms. The number of aromatic nitrogens is 3. The van der Waals surface area contributed by atoms with Crippen LogP contribution in [0.2, 0.25) is 0 Å². The summed E-state index contributed by atoms with van der Waals surface area (Å²) in [6.07, 6.45) is 7.82. The fourth-order valence-electron chi connectivity index (χ4n) is 4.21. The van der Waals surface area contributed by atoms with Gasteiger partial charge < -0.3 is 25.4 Å². The molecule has 0 bridgehead atoms. The van der Waals surface area contributed by atoms with E-state index in [-0.39, 0.29) is 11.8 Å². The molecule has 4 rings (SSSR count). The zero-order chi connectivity index (χ0) is 25.7. The molecule has 9 nitrogen and oxygen atoms in total. The van der Waals surface area contributed by atoms with Crippen LogP contribution in [0.25, 0.3) is 5.52 Å². The molecular formula is C27H32N6O3. The molecule has 0 aliphatic carbocycles. The van der Waals surface area contributed by atoms with E-state index >= 15 is 0 Å². The summed E-state index contributed by atoms with van der Waals surface area (Å²) in [4.78, 5) is 23.6. The first kappa shape index (κ1) is 25.1. The monoisotopic (exact) mass is 488 g/mol. The van der Waals surface area contributed by atoms with Crippen LogP contribution in [0.3, 0.4) is 0 Å². The second-order valence-electron chi connectivity index (χ2n) is 8.94. The van der Waals surface area contributed by atoms with Crippen LogP contribution in [0.5, 0.6) is 11.5 Å². The number of carbonyl (C=O) groups is 1. The summed E-state index contributed by atoms with van der Waals surface area (Å²) >= 11 is 0. The average molecular weight is 489 g/mol. The molecule has 1 saturated heterocycles. The van der Waals surface area contributed by atoms with E-state index < -0.39 is 0 Å². The molecule has 1 atom stereocenters. The van der Waals surface area contributed by atoms with E-state index in [1.54, 1.807) is 32.6 Å². The van der Waals surface area contributed by atoms with Crippen LogP contribution in [0.1, 0.15) is 43.3 Å². The van der Waals surface area contributed by atoms with Crippen molar-refractivity contribution in [2.24, 2.45) is 0 Å². The third-order valence-electron chi connectivity index (χ3n) is 6.06. The normalized spacial score (nSPS) is 15.5. The summed E-state index contributed by atoms with van der Waals surface area (Å²) in [5, 5.41) is 3.28. The third-order valence-corrected chi connectivity index (χ3v) is 6.06. The summed E-state index contributed by atoms with van der Waals surface area (Å²) in [5.74, 6) is 8.87. The Morgan fingerprint density at radius 1 is 1.25 bits per heavy atom. The summed E-state index contributed by atoms with van der Waals surface area (Å²) < 4.78 is 12.6. The number of ether oxygens (including phenoxy) is 2. The topological polar surface area (TPSA) is 107 Å². The number of methoxy groups -OCH3 is 2. The number of nitrogen functional groups attached to an aromatic ring is 1. The molecule has 188 valence electrons. The van der Waals surface area contributed by atoms with Crippen molar-refractivity contribution in [1.29, 1.82) is 0 Å². The maximum Gasteiger partial charge on any atom is 0.246 e. The Morgan fingerprint density at radius 3 is 2.69 bits per heavy atom. The number of nitrogens with two attached hydrogens (primary N) is 1. The second kappa shape index (κ2) is 11.1. The number of benzene rings is 1. The Labute approximate surface area is 211 Å². The van der Waals surface area contributed by atoms with Crippen molar-refractivity contribution in [3.8, 4) is 23.3 Å². The molecule has 0 radical (unpaired) electrons. The lowest BCUT2D eigenvalue weighted by Crippen LogP contribution is -2.27. The number of rotatable bonds is 7. The van der Waals surface area contributed by atoms with Gasteiger partial charge in [0.25, 0.3) is 0 Å². The smallest absolute Gasteiger partial charge is 0.246 e. The summed E-state index contributed by atoms with van der Waals surface area (Å²) in [6, 6.07) is 5.84. The van der Waals surface area contributed by atoms with Crippen LogP contribution >= 0.6 is 0 Å². The fraction of sp³-hybridized carbons (Fsp3) is 0.370. The molecule has 3 N–H and O–H groups in total. The maximum atomic E-state index is 12.7. The molecule has 36 heavy (non-hydrogen) atoms. The van der Waals surface area contributed by atoms with Crippen LogP contribution in [-0.2, 0) is 4.79 Å². The Balaban J connectivity index is 1.59. The minimum atomic E-state index is 0.0112. The Bertz CT molecular complexity index is 1310. The lowest BCUT2D eigenvalue weighted by atomic mass is 10.1. The van der Waals surface area contributed by atoms with E-state index in [1.807, 2.05) is 33.7 Å². The van der Waals surface area contributed by atoms with Crippen molar-refractivity contribution < 1.29 is 14.3 Å². The number of anilines is 1. The average Bonchev–Trinajstić information content (AvgIpc) is 3.50. The highest BCUT2D eigenvalue weighted by Gasteiger charge is 2.30. The van der Waals surface area contributed by atoms with E-state index in [2.05, 4.69) is 36.0 Å². The van der Waals surface area contributed by atoms with Gasteiger partial charge in [-0.05, 0) is 24.5 Å². The SMILES string of the molecule is COc1cc(C#Cc2nc(C3CCN(C(=O)/C=C/CNC(C)C)C3)n3ccnc(N)c23)cc(OC)c1. The van der Waals surface area contributed by atoms with E-state index in [9.17, 15) is 4.79 Å². The van der Waals surface area contributed by atoms with Crippen molar-refractivity contribution in [2.75, 3.05) is 39.6 Å². The van der Waals surface area contributed by atoms with Crippen LogP contribution in [0.4, 0.5) is 5.82 Å². The summed E-state index contributed by atoms with van der Waals surface area (Å²) in [5.41, 5.74) is 8.17. The predicted molar refractivity (Wildman–Crippen MR) is 139 cm³/mol. The number of nitrogens with zero attached hydrogens (tertiary/aromatic N) is 4. The molecule has 1 aliphatic rings. The van der Waals surface area contributed by atoms with Gasteiger partial charge in [0.1, 0.15) is 28.5 Å². The number of likely N-dealkylation sites (tertiary alicyclic amines) is 1. The van der Waals surface area contributed by atoms with Crippen LogP contribution in [-0.4, -0.2) is 65.1 Å². The van der Waals surface area contributed by atoms with Gasteiger partial charge in [0, 0.05) is 61.7 Å². The third kappa shape index (κ3) is 5.61. The second-order valence-corrected chi connectivity index (χ2v) is 8.94. The number of imidazole rings is 1. The number of nitrogens with one attached hydrogen (secondary N) is 1. The molecule has 1 aliphatic heterocycles. The summed E-state index contributed by atoms with van der Waals surface area (Å²) in [7, 11) is 3.20. The Kier molecular flexibility index (Phi) is 7.76. The van der Waals surface area contributed by atoms with E-state index in [4.69, 9.17) is 20.2 Å². The van der Waals surface area contributed by atoms with Gasteiger partial charge in [-0.1, -0.05) is 25.8 Å². The lowest BCUT2D eigenvalue weighted by Gasteiger charge is -2.14. The van der Waals surface area contributed by atoms with E-state index in [0.29, 0.717) is 54.2 Å². The lowest BCUT2D eigenvalue weighted by molar-refractivity contribution is -0.125. The molecular weight excluding hydrogens is 456 g/mol. The molecule has 3 heterocycles. The molecule has 2 aromatic heterocycles. The first-order valence-electron chi connectivity index (χ1n) is 12.0. The molecule has 0 saturated carbocycles. The van der Waals surface area contributed by atoms with Crippen molar-refractivity contribution in [3.63, 3.8) is 0 Å². The van der Waals surface area contributed by atoms with Gasteiger partial charge in [0.05, 0.1) is 14.2 Å². The molecule has 1 fully saturated rings. The van der Waals surface area contributed by atoms with Gasteiger partial charge in [-0.15, -0.1) is 0 Å². The predicted octanol–water partition coefficient (Wildman–Crippen LogP) is 2.60. The number of amides is 1. The minimum Gasteiger partial charge on any atom is -0.497 e. The maximum absolute atomic E-state index is 12.7. The zero-order valence-electron chi connectivity index (χ0n) is 21.1. The molecule has 1 amide bonds.